The minimum absolute atomic E-state index is 0.194. The Hall–Kier alpha value is -2.59. The molecule has 1 aromatic heterocycles. The van der Waals surface area contributed by atoms with Crippen LogP contribution in [0.25, 0.3) is 11.0 Å². The van der Waals surface area contributed by atoms with Gasteiger partial charge >= 0.3 is 6.18 Å². The van der Waals surface area contributed by atoms with Gasteiger partial charge in [-0.3, -0.25) is 0 Å². The first-order valence-corrected chi connectivity index (χ1v) is 10.5. The number of nitrogens with zero attached hydrogens (tertiary/aromatic N) is 3. The van der Waals surface area contributed by atoms with E-state index in [2.05, 4.69) is 15.2 Å². The van der Waals surface area contributed by atoms with E-state index >= 15 is 0 Å². The number of aromatic nitrogens is 2. The van der Waals surface area contributed by atoms with E-state index in [1.165, 1.54) is 6.92 Å². The molecule has 154 valence electrons. The second-order valence-corrected chi connectivity index (χ2v) is 8.62. The van der Waals surface area contributed by atoms with Gasteiger partial charge in [0.25, 0.3) is 10.0 Å². The van der Waals surface area contributed by atoms with E-state index in [1.807, 2.05) is 6.07 Å². The normalized spacial score (nSPS) is 15.8. The molecule has 0 radical (unpaired) electrons. The van der Waals surface area contributed by atoms with Gasteiger partial charge in [0, 0.05) is 26.2 Å². The third-order valence-electron chi connectivity index (χ3n) is 4.94. The highest BCUT2D eigenvalue weighted by Crippen LogP contribution is 2.33. The molecule has 1 aliphatic rings. The van der Waals surface area contributed by atoms with Gasteiger partial charge in [-0.25, -0.2) is 17.4 Å². The fraction of sp³-hybridized carbons (Fsp3) is 0.316. The van der Waals surface area contributed by atoms with Gasteiger partial charge in [-0.2, -0.15) is 13.2 Å². The lowest BCUT2D eigenvalue weighted by atomic mass is 10.2. The number of hydrogen-bond donors (Lipinski definition) is 1. The van der Waals surface area contributed by atoms with Crippen molar-refractivity contribution in [1.29, 1.82) is 0 Å². The smallest absolute Gasteiger partial charge is 0.367 e. The van der Waals surface area contributed by atoms with Gasteiger partial charge in [0.2, 0.25) is 0 Å². The summed E-state index contributed by atoms with van der Waals surface area (Å²) in [4.78, 5) is 6.14. The summed E-state index contributed by atoms with van der Waals surface area (Å²) in [5.74, 6) is 0.194. The average Bonchev–Trinajstić information content (AvgIpc) is 3.04. The average molecular weight is 424 g/mol. The topological polar surface area (TPSA) is 67.2 Å². The number of fused-ring (bicyclic) bond motifs is 1. The summed E-state index contributed by atoms with van der Waals surface area (Å²) in [6.07, 6.45) is -4.63. The van der Waals surface area contributed by atoms with Crippen molar-refractivity contribution in [1.82, 2.24) is 14.3 Å². The largest absolute Gasteiger partial charge is 0.416 e. The predicted octanol–water partition coefficient (Wildman–Crippen LogP) is 3.01. The van der Waals surface area contributed by atoms with Crippen LogP contribution in [0.2, 0.25) is 0 Å². The lowest BCUT2D eigenvalue weighted by molar-refractivity contribution is -0.137. The number of para-hydroxylation sites is 1. The van der Waals surface area contributed by atoms with Crippen LogP contribution < -0.4 is 10.2 Å². The maximum absolute atomic E-state index is 13.2. The van der Waals surface area contributed by atoms with Crippen molar-refractivity contribution in [2.24, 2.45) is 0 Å². The summed E-state index contributed by atoms with van der Waals surface area (Å²) in [6, 6.07) is 8.99. The Morgan fingerprint density at radius 3 is 2.45 bits per heavy atom. The van der Waals surface area contributed by atoms with E-state index in [4.69, 9.17) is 0 Å². The third-order valence-corrected chi connectivity index (χ3v) is 6.73. The van der Waals surface area contributed by atoms with Crippen LogP contribution in [0.1, 0.15) is 11.4 Å². The minimum atomic E-state index is -4.63. The van der Waals surface area contributed by atoms with Crippen LogP contribution in [0.4, 0.5) is 18.9 Å². The summed E-state index contributed by atoms with van der Waals surface area (Å²) >= 11 is 0. The SMILES string of the molecule is Cc1nc2c(N3CCNCC3)cccc2n1S(=O)(=O)c1cccc(C(F)(F)F)c1. The zero-order valence-corrected chi connectivity index (χ0v) is 16.4. The van der Waals surface area contributed by atoms with Crippen molar-refractivity contribution in [3.63, 3.8) is 0 Å². The van der Waals surface area contributed by atoms with Gasteiger partial charge in [0.1, 0.15) is 11.3 Å². The number of imidazole rings is 1. The molecule has 0 amide bonds. The number of benzene rings is 2. The highest BCUT2D eigenvalue weighted by molar-refractivity contribution is 7.90. The van der Waals surface area contributed by atoms with Crippen molar-refractivity contribution in [2.45, 2.75) is 18.0 Å². The Morgan fingerprint density at radius 1 is 1.07 bits per heavy atom. The highest BCUT2D eigenvalue weighted by Gasteiger charge is 2.33. The van der Waals surface area contributed by atoms with Gasteiger partial charge < -0.3 is 10.2 Å². The molecule has 0 atom stereocenters. The number of piperazine rings is 1. The number of rotatable bonds is 3. The molecule has 2 heterocycles. The Balaban J connectivity index is 1.87. The second kappa shape index (κ2) is 7.03. The number of anilines is 1. The lowest BCUT2D eigenvalue weighted by Gasteiger charge is -2.29. The number of alkyl halides is 3. The van der Waals surface area contributed by atoms with Crippen LogP contribution in [0, 0.1) is 6.92 Å². The predicted molar refractivity (Wildman–Crippen MR) is 104 cm³/mol. The summed E-state index contributed by atoms with van der Waals surface area (Å²) in [6.45, 7) is 4.65. The first kappa shape index (κ1) is 19.7. The first-order chi connectivity index (χ1) is 13.7. The van der Waals surface area contributed by atoms with Crippen LogP contribution in [-0.4, -0.2) is 43.6 Å². The van der Waals surface area contributed by atoms with Gasteiger partial charge in [0.15, 0.2) is 0 Å². The van der Waals surface area contributed by atoms with E-state index in [1.54, 1.807) is 12.1 Å². The standard InChI is InChI=1S/C19H19F3N4O2S/c1-13-24-18-16(25-10-8-23-9-11-25)6-3-7-17(18)26(13)29(27,28)15-5-2-4-14(12-15)19(20,21)22/h2-7,12,23H,8-11H2,1H3. The molecular weight excluding hydrogens is 405 g/mol. The quantitative estimate of drug-likeness (QED) is 0.700. The summed E-state index contributed by atoms with van der Waals surface area (Å²) in [7, 11) is -4.26. The van der Waals surface area contributed by atoms with Gasteiger partial charge in [-0.15, -0.1) is 0 Å². The van der Waals surface area contributed by atoms with Gasteiger partial charge in [0.05, 0.1) is 21.7 Å². The van der Waals surface area contributed by atoms with Gasteiger partial charge in [-0.1, -0.05) is 12.1 Å². The van der Waals surface area contributed by atoms with Crippen molar-refractivity contribution >= 4 is 26.7 Å². The molecule has 0 unspecified atom stereocenters. The van der Waals surface area contributed by atoms with E-state index in [-0.39, 0.29) is 5.82 Å². The summed E-state index contributed by atoms with van der Waals surface area (Å²) in [5.41, 5.74) is 0.658. The Bertz CT molecular complexity index is 1170. The molecule has 29 heavy (non-hydrogen) atoms. The minimum Gasteiger partial charge on any atom is -0.367 e. The third kappa shape index (κ3) is 3.46. The molecule has 1 aliphatic heterocycles. The summed E-state index contributed by atoms with van der Waals surface area (Å²) < 4.78 is 66.7. The van der Waals surface area contributed by atoms with Crippen LogP contribution in [-0.2, 0) is 16.2 Å². The molecule has 0 bridgehead atoms. The number of halogens is 3. The maximum Gasteiger partial charge on any atom is 0.416 e. The molecular formula is C19H19F3N4O2S. The lowest BCUT2D eigenvalue weighted by Crippen LogP contribution is -2.43. The number of nitrogens with one attached hydrogen (secondary N) is 1. The maximum atomic E-state index is 13.2. The first-order valence-electron chi connectivity index (χ1n) is 9.06. The Morgan fingerprint density at radius 2 is 1.76 bits per heavy atom. The molecule has 1 fully saturated rings. The zero-order valence-electron chi connectivity index (χ0n) is 15.6. The number of aryl methyl sites for hydroxylation is 1. The molecule has 1 saturated heterocycles. The molecule has 4 rings (SSSR count). The van der Waals surface area contributed by atoms with E-state index in [9.17, 15) is 21.6 Å². The van der Waals surface area contributed by atoms with Crippen LogP contribution in [0.3, 0.4) is 0 Å². The Kier molecular flexibility index (Phi) is 4.78. The van der Waals surface area contributed by atoms with Crippen molar-refractivity contribution in [3.8, 4) is 0 Å². The summed E-state index contributed by atoms with van der Waals surface area (Å²) in [5, 5.41) is 3.26. The van der Waals surface area contributed by atoms with Crippen LogP contribution in [0.5, 0.6) is 0 Å². The molecule has 6 nitrogen and oxygen atoms in total. The molecule has 1 N–H and O–H groups in total. The fourth-order valence-corrected chi connectivity index (χ4v) is 5.11. The molecule has 0 spiro atoms. The fourth-order valence-electron chi connectivity index (χ4n) is 3.58. The number of hydrogen-bond acceptors (Lipinski definition) is 5. The van der Waals surface area contributed by atoms with E-state index < -0.39 is 26.7 Å². The molecule has 10 heteroatoms. The van der Waals surface area contributed by atoms with Crippen molar-refractivity contribution in [2.75, 3.05) is 31.1 Å². The van der Waals surface area contributed by atoms with Crippen molar-refractivity contribution < 1.29 is 21.6 Å². The molecule has 2 aromatic carbocycles. The molecule has 0 saturated carbocycles. The van der Waals surface area contributed by atoms with Crippen molar-refractivity contribution in [3.05, 3.63) is 53.9 Å². The Labute approximate surface area is 166 Å². The van der Waals surface area contributed by atoms with E-state index in [0.29, 0.717) is 17.1 Å². The monoisotopic (exact) mass is 424 g/mol. The molecule has 3 aromatic rings. The van der Waals surface area contributed by atoms with E-state index in [0.717, 1.165) is 54.0 Å². The van der Waals surface area contributed by atoms with Crippen LogP contribution in [0.15, 0.2) is 47.4 Å². The van der Waals surface area contributed by atoms with Crippen LogP contribution >= 0.6 is 0 Å². The van der Waals surface area contributed by atoms with Gasteiger partial charge in [-0.05, 0) is 37.3 Å². The zero-order chi connectivity index (χ0) is 20.8. The second-order valence-electron chi connectivity index (χ2n) is 6.84. The molecule has 0 aliphatic carbocycles. The highest BCUT2D eigenvalue weighted by atomic mass is 32.2.